The zero-order valence-corrected chi connectivity index (χ0v) is 15.9. The Morgan fingerprint density at radius 2 is 1.48 bits per heavy atom. The van der Waals surface area contributed by atoms with Gasteiger partial charge in [0.25, 0.3) is 5.91 Å². The third-order valence-corrected chi connectivity index (χ3v) is 5.99. The Hall–Kier alpha value is -1.63. The Balaban J connectivity index is 2.68. The van der Waals surface area contributed by atoms with Crippen molar-refractivity contribution >= 4 is 5.84 Å². The van der Waals surface area contributed by atoms with Gasteiger partial charge in [-0.15, -0.1) is 0 Å². The van der Waals surface area contributed by atoms with Gasteiger partial charge in [-0.1, -0.05) is 39.5 Å². The third kappa shape index (κ3) is 2.05. The average molecular weight is 346 g/mol. The fourth-order valence-corrected chi connectivity index (χ4v) is 5.05. The maximum atomic E-state index is 10.3. The monoisotopic (exact) mass is 346 g/mol. The molecule has 1 saturated carbocycles. The third-order valence-electron chi connectivity index (χ3n) is 5.99. The molecule has 0 bridgehead atoms. The lowest BCUT2D eigenvalue weighted by Gasteiger charge is -2.35. The maximum Gasteiger partial charge on any atom is 0.293 e. The van der Waals surface area contributed by atoms with Gasteiger partial charge in [0.1, 0.15) is 11.3 Å². The number of aliphatic imine (C=N–C) groups is 1. The van der Waals surface area contributed by atoms with E-state index >= 15 is 0 Å². The number of amidine groups is 1. The van der Waals surface area contributed by atoms with E-state index in [1.165, 1.54) is 0 Å². The van der Waals surface area contributed by atoms with Crippen molar-refractivity contribution in [1.29, 1.82) is 10.5 Å². The number of fused-ring (bicyclic) bond motifs is 1. The highest BCUT2D eigenvalue weighted by Gasteiger charge is 2.99. The lowest BCUT2D eigenvalue weighted by atomic mass is 9.80. The normalized spacial score (nSPS) is 30.9. The summed E-state index contributed by atoms with van der Waals surface area (Å²) in [7, 11) is 0. The fourth-order valence-electron chi connectivity index (χ4n) is 5.05. The first-order chi connectivity index (χ1) is 12.0. The molecule has 0 unspecified atom stereocenters. The molecule has 0 amide bonds. The molecule has 0 aromatic carbocycles. The molecule has 1 aliphatic heterocycles. The van der Waals surface area contributed by atoms with E-state index in [-0.39, 0.29) is 5.84 Å². The van der Waals surface area contributed by atoms with E-state index in [1.807, 2.05) is 13.8 Å². The fraction of sp³-hybridized carbons (Fsp3) is 0.842. The summed E-state index contributed by atoms with van der Waals surface area (Å²) in [5.41, 5.74) is 3.43. The second kappa shape index (κ2) is 6.94. The first-order valence-corrected chi connectivity index (χ1v) is 9.45. The first kappa shape index (κ1) is 19.7. The Kier molecular flexibility index (Phi) is 5.47. The van der Waals surface area contributed by atoms with Gasteiger partial charge in [-0.2, -0.15) is 10.5 Å². The van der Waals surface area contributed by atoms with Crippen molar-refractivity contribution in [3.63, 3.8) is 0 Å². The first-order valence-electron chi connectivity index (χ1n) is 9.45. The van der Waals surface area contributed by atoms with Crippen molar-refractivity contribution in [3.8, 4) is 12.1 Å². The second-order valence-corrected chi connectivity index (χ2v) is 6.96. The molecule has 6 heteroatoms. The van der Waals surface area contributed by atoms with Crippen molar-refractivity contribution in [1.82, 2.24) is 0 Å². The number of nitriles is 2. The molecule has 0 aromatic rings. The van der Waals surface area contributed by atoms with Gasteiger partial charge in [-0.05, 0) is 26.7 Å². The molecule has 2 N–H and O–H groups in total. The number of unbranched alkanes of at least 4 members (excludes halogenated alkanes) is 2. The van der Waals surface area contributed by atoms with Gasteiger partial charge in [-0.3, -0.25) is 0 Å². The summed E-state index contributed by atoms with van der Waals surface area (Å²) in [5.74, 6) is -1.28. The van der Waals surface area contributed by atoms with Crippen LogP contribution in [0.25, 0.3) is 0 Å². The molecule has 25 heavy (non-hydrogen) atoms. The highest BCUT2D eigenvalue weighted by Crippen LogP contribution is 2.88. The van der Waals surface area contributed by atoms with Crippen LogP contribution in [0, 0.1) is 38.9 Å². The minimum absolute atomic E-state index is 0.200. The zero-order chi connectivity index (χ0) is 18.8. The molecule has 0 saturated heterocycles. The van der Waals surface area contributed by atoms with Crippen LogP contribution < -0.4 is 5.73 Å². The zero-order valence-electron chi connectivity index (χ0n) is 15.9. The Labute approximate surface area is 151 Å². The summed E-state index contributed by atoms with van der Waals surface area (Å²) in [4.78, 5) is 4.43. The summed E-state index contributed by atoms with van der Waals surface area (Å²) in [6, 6.07) is 4.84. The lowest BCUT2D eigenvalue weighted by Crippen LogP contribution is -2.45. The molecular weight excluding hydrogens is 316 g/mol. The number of nitrogens with zero attached hydrogens (tertiary/aromatic N) is 3. The predicted octanol–water partition coefficient (Wildman–Crippen LogP) is 3.48. The van der Waals surface area contributed by atoms with Crippen molar-refractivity contribution in [2.45, 2.75) is 72.1 Å². The van der Waals surface area contributed by atoms with E-state index in [9.17, 15) is 10.5 Å². The molecule has 0 spiro atoms. The number of nitrogens with two attached hydrogens (primary N) is 1. The SMILES string of the molecule is CCCCC1(CCCC)[C@@]2(C#N)C(OCC)(OCC)N=C(N)[C@@]12C#N. The van der Waals surface area contributed by atoms with E-state index in [0.29, 0.717) is 13.2 Å². The van der Waals surface area contributed by atoms with Gasteiger partial charge < -0.3 is 15.2 Å². The van der Waals surface area contributed by atoms with Crippen LogP contribution in [-0.4, -0.2) is 25.0 Å². The van der Waals surface area contributed by atoms with Gasteiger partial charge in [0, 0.05) is 18.6 Å². The van der Waals surface area contributed by atoms with Crippen molar-refractivity contribution in [3.05, 3.63) is 0 Å². The second-order valence-electron chi connectivity index (χ2n) is 6.96. The summed E-state index contributed by atoms with van der Waals surface area (Å²) in [5, 5.41) is 20.5. The van der Waals surface area contributed by atoms with Crippen LogP contribution in [0.15, 0.2) is 4.99 Å². The van der Waals surface area contributed by atoms with Crippen molar-refractivity contribution < 1.29 is 9.47 Å². The number of hydrogen-bond acceptors (Lipinski definition) is 6. The molecule has 0 aromatic heterocycles. The van der Waals surface area contributed by atoms with Crippen LogP contribution in [0.5, 0.6) is 0 Å². The highest BCUT2D eigenvalue weighted by atomic mass is 16.7. The van der Waals surface area contributed by atoms with E-state index in [1.54, 1.807) is 0 Å². The van der Waals surface area contributed by atoms with Crippen molar-refractivity contribution in [2.75, 3.05) is 13.2 Å². The van der Waals surface area contributed by atoms with Gasteiger partial charge >= 0.3 is 0 Å². The molecule has 1 fully saturated rings. The smallest absolute Gasteiger partial charge is 0.293 e. The summed E-state index contributed by atoms with van der Waals surface area (Å²) < 4.78 is 11.9. The Morgan fingerprint density at radius 3 is 1.84 bits per heavy atom. The standard InChI is InChI=1S/C19H30N4O2/c1-5-9-11-16(12-10-6-2)17(13-20)15(22)23-19(24-7-3,25-8-4)18(16,17)14-21/h5-12H2,1-4H3,(H2,22,23)/t17-,18+/m0/s1. The summed E-state index contributed by atoms with van der Waals surface area (Å²) in [6.07, 6.45) is 5.34. The van der Waals surface area contributed by atoms with Crippen LogP contribution in [0.4, 0.5) is 0 Å². The number of hydrogen-bond donors (Lipinski definition) is 1. The van der Waals surface area contributed by atoms with Crippen LogP contribution in [0.2, 0.25) is 0 Å². The molecule has 6 nitrogen and oxygen atoms in total. The predicted molar refractivity (Wildman–Crippen MR) is 95.2 cm³/mol. The topological polar surface area (TPSA) is 104 Å². The molecule has 2 aliphatic rings. The van der Waals surface area contributed by atoms with Crippen LogP contribution in [0.1, 0.15) is 66.2 Å². The van der Waals surface area contributed by atoms with Crippen LogP contribution in [0.3, 0.4) is 0 Å². The van der Waals surface area contributed by atoms with Gasteiger partial charge in [0.05, 0.1) is 12.1 Å². The lowest BCUT2D eigenvalue weighted by molar-refractivity contribution is -0.261. The average Bonchev–Trinajstić information content (AvgIpc) is 3.07. The van der Waals surface area contributed by atoms with Crippen LogP contribution in [-0.2, 0) is 9.47 Å². The van der Waals surface area contributed by atoms with Gasteiger partial charge in [0.2, 0.25) is 0 Å². The quantitative estimate of drug-likeness (QED) is 0.610. The molecule has 0 radical (unpaired) electrons. The minimum Gasteiger partial charge on any atom is -0.386 e. The molecule has 1 aliphatic carbocycles. The van der Waals surface area contributed by atoms with Gasteiger partial charge in [0.15, 0.2) is 5.41 Å². The molecular formula is C19H30N4O2. The van der Waals surface area contributed by atoms with E-state index in [0.717, 1.165) is 38.5 Å². The van der Waals surface area contributed by atoms with E-state index < -0.39 is 22.2 Å². The maximum absolute atomic E-state index is 10.3. The van der Waals surface area contributed by atoms with E-state index in [2.05, 4.69) is 31.0 Å². The molecule has 1 heterocycles. The highest BCUT2D eigenvalue weighted by molar-refractivity contribution is 6.00. The summed E-state index contributed by atoms with van der Waals surface area (Å²) in [6.45, 7) is 8.57. The van der Waals surface area contributed by atoms with Crippen molar-refractivity contribution in [2.24, 2.45) is 27.0 Å². The van der Waals surface area contributed by atoms with Crippen LogP contribution >= 0.6 is 0 Å². The van der Waals surface area contributed by atoms with Gasteiger partial charge in [-0.25, -0.2) is 4.99 Å². The molecule has 138 valence electrons. The Morgan fingerprint density at radius 1 is 0.960 bits per heavy atom. The molecule has 2 atom stereocenters. The minimum atomic E-state index is -1.48. The number of rotatable bonds is 10. The van der Waals surface area contributed by atoms with E-state index in [4.69, 9.17) is 15.2 Å². The molecule has 2 rings (SSSR count). The Bertz CT molecular complexity index is 604. The summed E-state index contributed by atoms with van der Waals surface area (Å²) >= 11 is 0. The largest absolute Gasteiger partial charge is 0.386 e. The number of ether oxygens (including phenoxy) is 2.